The zero-order chi connectivity index (χ0) is 19.6. The number of carbonyl (C=O) groups is 1. The van der Waals surface area contributed by atoms with Crippen LogP contribution < -0.4 is 10.1 Å². The molecule has 1 amide bonds. The lowest BCUT2D eigenvalue weighted by molar-refractivity contribution is -0.127. The minimum Gasteiger partial charge on any atom is -0.493 e. The Hall–Kier alpha value is -2.37. The van der Waals surface area contributed by atoms with Gasteiger partial charge in [0.1, 0.15) is 11.8 Å². The van der Waals surface area contributed by atoms with Crippen molar-refractivity contribution >= 4 is 5.91 Å². The summed E-state index contributed by atoms with van der Waals surface area (Å²) in [5.41, 5.74) is 3.79. The Morgan fingerprint density at radius 1 is 1.07 bits per heavy atom. The summed E-state index contributed by atoms with van der Waals surface area (Å²) in [6.45, 7) is 5.55. The van der Waals surface area contributed by atoms with Crippen LogP contribution in [0.3, 0.4) is 0 Å². The van der Waals surface area contributed by atoms with Crippen LogP contribution >= 0.6 is 0 Å². The van der Waals surface area contributed by atoms with Crippen LogP contribution in [0, 0.1) is 0 Å². The van der Waals surface area contributed by atoms with Gasteiger partial charge in [-0.3, -0.25) is 14.6 Å². The molecule has 2 aromatic carbocycles. The van der Waals surface area contributed by atoms with Crippen LogP contribution in [-0.2, 0) is 17.8 Å². The van der Waals surface area contributed by atoms with Gasteiger partial charge in [-0.15, -0.1) is 0 Å². The summed E-state index contributed by atoms with van der Waals surface area (Å²) in [6, 6.07) is 17.0. The molecule has 1 saturated carbocycles. The fourth-order valence-corrected chi connectivity index (χ4v) is 4.45. The van der Waals surface area contributed by atoms with Crippen molar-refractivity contribution < 1.29 is 9.53 Å². The van der Waals surface area contributed by atoms with Crippen LogP contribution in [0.4, 0.5) is 0 Å². The fraction of sp³-hybridized carbons (Fsp3) is 0.458. The van der Waals surface area contributed by atoms with Crippen LogP contribution in [0.25, 0.3) is 0 Å². The van der Waals surface area contributed by atoms with Gasteiger partial charge in [-0.25, -0.2) is 0 Å². The van der Waals surface area contributed by atoms with Crippen molar-refractivity contribution in [1.82, 2.24) is 15.1 Å². The van der Waals surface area contributed by atoms with Crippen LogP contribution in [0.5, 0.6) is 5.75 Å². The van der Waals surface area contributed by atoms with Crippen molar-refractivity contribution in [1.29, 1.82) is 0 Å². The first-order chi connectivity index (χ1) is 14.3. The maximum atomic E-state index is 13.0. The highest BCUT2D eigenvalue weighted by Gasteiger charge is 2.33. The molecule has 3 aliphatic rings. The highest BCUT2D eigenvalue weighted by Crippen LogP contribution is 2.28. The zero-order valence-electron chi connectivity index (χ0n) is 16.8. The molecule has 0 radical (unpaired) electrons. The monoisotopic (exact) mass is 391 g/mol. The lowest BCUT2D eigenvalue weighted by atomic mass is 10.0. The van der Waals surface area contributed by atoms with Gasteiger partial charge in [0.05, 0.1) is 6.61 Å². The second-order valence-corrected chi connectivity index (χ2v) is 8.45. The number of nitrogens with one attached hydrogen (secondary N) is 1. The molecule has 1 atom stereocenters. The van der Waals surface area contributed by atoms with Crippen LogP contribution in [0.15, 0.2) is 48.5 Å². The van der Waals surface area contributed by atoms with Gasteiger partial charge in [0.25, 0.3) is 0 Å². The van der Waals surface area contributed by atoms with E-state index in [4.69, 9.17) is 4.74 Å². The van der Waals surface area contributed by atoms with Gasteiger partial charge in [-0.2, -0.15) is 0 Å². The van der Waals surface area contributed by atoms with Gasteiger partial charge < -0.3 is 10.1 Å². The minimum atomic E-state index is -0.184. The molecule has 1 N–H and O–H groups in total. The standard InChI is InChI=1S/C24H29N3O2/c28-24(25-21-7-8-21)23(19-4-2-1-3-5-19)27-13-11-26(12-14-27)17-18-6-9-22-20(16-18)10-15-29-22/h1-6,9,16,21,23H,7-8,10-15,17H2,(H,25,28)/t23-/m0/s1. The third kappa shape index (κ3) is 4.31. The van der Waals surface area contributed by atoms with E-state index in [-0.39, 0.29) is 11.9 Å². The SMILES string of the molecule is O=C(NC1CC1)[C@H](c1ccccc1)N1CCN(Cc2ccc3c(c2)CCO3)CC1. The van der Waals surface area contributed by atoms with E-state index < -0.39 is 0 Å². The van der Waals surface area contributed by atoms with E-state index in [1.54, 1.807) is 0 Å². The van der Waals surface area contributed by atoms with E-state index in [0.29, 0.717) is 6.04 Å². The first-order valence-corrected chi connectivity index (χ1v) is 10.8. The molecule has 29 heavy (non-hydrogen) atoms. The normalized spacial score (nSPS) is 20.7. The summed E-state index contributed by atoms with van der Waals surface area (Å²) in [6.07, 6.45) is 3.26. The Morgan fingerprint density at radius 3 is 2.62 bits per heavy atom. The van der Waals surface area contributed by atoms with Crippen LogP contribution in [0.2, 0.25) is 0 Å². The second kappa shape index (κ2) is 8.17. The number of carbonyl (C=O) groups excluding carboxylic acids is 1. The number of hydrogen-bond acceptors (Lipinski definition) is 4. The molecule has 1 saturated heterocycles. The van der Waals surface area contributed by atoms with Gasteiger partial charge in [-0.1, -0.05) is 42.5 Å². The number of benzene rings is 2. The molecule has 0 aromatic heterocycles. The Bertz CT molecular complexity index is 858. The quantitative estimate of drug-likeness (QED) is 0.823. The molecular weight excluding hydrogens is 362 g/mol. The molecular formula is C24H29N3O2. The molecule has 2 aromatic rings. The van der Waals surface area contributed by atoms with E-state index in [1.807, 2.05) is 18.2 Å². The Kier molecular flexibility index (Phi) is 5.25. The summed E-state index contributed by atoms with van der Waals surface area (Å²) < 4.78 is 5.62. The number of rotatable bonds is 6. The van der Waals surface area contributed by atoms with Crippen molar-refractivity contribution in [3.8, 4) is 5.75 Å². The summed E-state index contributed by atoms with van der Waals surface area (Å²) in [7, 11) is 0. The largest absolute Gasteiger partial charge is 0.493 e. The summed E-state index contributed by atoms with van der Waals surface area (Å²) in [5.74, 6) is 1.21. The van der Waals surface area contributed by atoms with Crippen molar-refractivity contribution in [3.05, 3.63) is 65.2 Å². The Balaban J connectivity index is 1.23. The van der Waals surface area contributed by atoms with E-state index in [1.165, 1.54) is 11.1 Å². The van der Waals surface area contributed by atoms with Crippen molar-refractivity contribution in [2.75, 3.05) is 32.8 Å². The number of hydrogen-bond donors (Lipinski definition) is 1. The van der Waals surface area contributed by atoms with Gasteiger partial charge in [0.2, 0.25) is 5.91 Å². The van der Waals surface area contributed by atoms with Crippen molar-refractivity contribution in [3.63, 3.8) is 0 Å². The number of amides is 1. The maximum Gasteiger partial charge on any atom is 0.242 e. The molecule has 152 valence electrons. The van der Waals surface area contributed by atoms with Crippen LogP contribution in [-0.4, -0.2) is 54.5 Å². The van der Waals surface area contributed by atoms with Gasteiger partial charge >= 0.3 is 0 Å². The Labute approximate surface area is 172 Å². The molecule has 1 aliphatic carbocycles. The van der Waals surface area contributed by atoms with Crippen molar-refractivity contribution in [2.45, 2.75) is 37.9 Å². The average Bonchev–Trinajstić information content (AvgIpc) is 3.43. The summed E-state index contributed by atoms with van der Waals surface area (Å²) >= 11 is 0. The number of piperazine rings is 1. The van der Waals surface area contributed by atoms with E-state index in [9.17, 15) is 4.79 Å². The molecule has 5 heteroatoms. The lowest BCUT2D eigenvalue weighted by Gasteiger charge is -2.39. The topological polar surface area (TPSA) is 44.8 Å². The highest BCUT2D eigenvalue weighted by molar-refractivity contribution is 5.83. The van der Waals surface area contributed by atoms with Gasteiger partial charge in [-0.05, 0) is 35.6 Å². The predicted molar refractivity (Wildman–Crippen MR) is 113 cm³/mol. The van der Waals surface area contributed by atoms with Crippen LogP contribution in [0.1, 0.15) is 35.6 Å². The molecule has 0 spiro atoms. The molecule has 0 bridgehead atoms. The highest BCUT2D eigenvalue weighted by atomic mass is 16.5. The number of nitrogens with zero attached hydrogens (tertiary/aromatic N) is 2. The predicted octanol–water partition coefficient (Wildman–Crippen LogP) is 2.76. The third-order valence-electron chi connectivity index (χ3n) is 6.22. The van der Waals surface area contributed by atoms with Crippen molar-refractivity contribution in [2.24, 2.45) is 0 Å². The second-order valence-electron chi connectivity index (χ2n) is 8.45. The number of ether oxygens (including phenoxy) is 1. The smallest absolute Gasteiger partial charge is 0.242 e. The van der Waals surface area contributed by atoms with E-state index in [2.05, 4.69) is 45.4 Å². The molecule has 2 heterocycles. The lowest BCUT2D eigenvalue weighted by Crippen LogP contribution is -2.50. The summed E-state index contributed by atoms with van der Waals surface area (Å²) in [4.78, 5) is 17.8. The van der Waals surface area contributed by atoms with E-state index in [0.717, 1.165) is 69.9 Å². The molecule has 5 rings (SSSR count). The fourth-order valence-electron chi connectivity index (χ4n) is 4.45. The first-order valence-electron chi connectivity index (χ1n) is 10.8. The van der Waals surface area contributed by atoms with Gasteiger partial charge in [0, 0.05) is 45.2 Å². The molecule has 0 unspecified atom stereocenters. The average molecular weight is 392 g/mol. The van der Waals surface area contributed by atoms with E-state index >= 15 is 0 Å². The minimum absolute atomic E-state index is 0.158. The third-order valence-corrected chi connectivity index (χ3v) is 6.22. The molecule has 5 nitrogen and oxygen atoms in total. The zero-order valence-corrected chi connectivity index (χ0v) is 16.8. The maximum absolute atomic E-state index is 13.0. The number of fused-ring (bicyclic) bond motifs is 1. The molecule has 2 aliphatic heterocycles. The Morgan fingerprint density at radius 2 is 1.86 bits per heavy atom. The first kappa shape index (κ1) is 18.6. The summed E-state index contributed by atoms with van der Waals surface area (Å²) in [5, 5.41) is 3.22. The molecule has 2 fully saturated rings. The van der Waals surface area contributed by atoms with Gasteiger partial charge in [0.15, 0.2) is 0 Å².